The first kappa shape index (κ1) is 13.2. The predicted octanol–water partition coefficient (Wildman–Crippen LogP) is 2.57. The van der Waals surface area contributed by atoms with E-state index in [4.69, 9.17) is 4.74 Å². The number of carbonyl (C=O) groups excluding carboxylic acids is 2. The van der Waals surface area contributed by atoms with E-state index < -0.39 is 5.97 Å². The summed E-state index contributed by atoms with van der Waals surface area (Å²) < 4.78 is 5.03. The lowest BCUT2D eigenvalue weighted by molar-refractivity contribution is 0.0542. The van der Waals surface area contributed by atoms with Crippen LogP contribution in [0.15, 0.2) is 12.2 Å². The minimum Gasteiger partial charge on any atom is -0.457 e. The van der Waals surface area contributed by atoms with Gasteiger partial charge in [-0.2, -0.15) is 0 Å². The fourth-order valence-corrected chi connectivity index (χ4v) is 1.77. The van der Waals surface area contributed by atoms with E-state index in [2.05, 4.69) is 4.98 Å². The molecule has 92 valence electrons. The van der Waals surface area contributed by atoms with Crippen molar-refractivity contribution >= 4 is 11.8 Å². The van der Waals surface area contributed by atoms with Crippen molar-refractivity contribution in [2.24, 2.45) is 0 Å². The van der Waals surface area contributed by atoms with Crippen molar-refractivity contribution in [3.05, 3.63) is 34.7 Å². The first-order valence-electron chi connectivity index (χ1n) is 5.47. The summed E-state index contributed by atoms with van der Waals surface area (Å²) in [7, 11) is 0. The zero-order chi connectivity index (χ0) is 13.0. The number of ketones is 1. The van der Waals surface area contributed by atoms with Gasteiger partial charge in [0.05, 0.1) is 0 Å². The molecule has 0 aromatic carbocycles. The molecule has 4 nitrogen and oxygen atoms in total. The minimum atomic E-state index is -0.434. The molecule has 0 amide bonds. The Balaban J connectivity index is 2.96. The lowest BCUT2D eigenvalue weighted by atomic mass is 10.1. The topological polar surface area (TPSA) is 59.2 Å². The third-order valence-corrected chi connectivity index (χ3v) is 2.54. The molecule has 0 aliphatic rings. The monoisotopic (exact) mass is 235 g/mol. The van der Waals surface area contributed by atoms with Gasteiger partial charge in [-0.05, 0) is 33.3 Å². The van der Waals surface area contributed by atoms with E-state index in [0.717, 1.165) is 0 Å². The number of nitrogens with one attached hydrogen (secondary N) is 1. The second kappa shape index (κ2) is 5.48. The van der Waals surface area contributed by atoms with Crippen molar-refractivity contribution in [3.63, 3.8) is 0 Å². The molecule has 0 bridgehead atoms. The maximum absolute atomic E-state index is 11.7. The summed E-state index contributed by atoms with van der Waals surface area (Å²) >= 11 is 0. The lowest BCUT2D eigenvalue weighted by Crippen LogP contribution is -2.07. The van der Waals surface area contributed by atoms with Gasteiger partial charge in [-0.25, -0.2) is 4.79 Å². The molecule has 0 saturated heterocycles. The van der Waals surface area contributed by atoms with Gasteiger partial charge >= 0.3 is 5.97 Å². The van der Waals surface area contributed by atoms with Crippen LogP contribution in [0.5, 0.6) is 0 Å². The van der Waals surface area contributed by atoms with Gasteiger partial charge in [-0.3, -0.25) is 4.79 Å². The molecule has 0 atom stereocenters. The van der Waals surface area contributed by atoms with Crippen LogP contribution in [0.2, 0.25) is 0 Å². The van der Waals surface area contributed by atoms with Crippen molar-refractivity contribution in [1.82, 2.24) is 4.98 Å². The Morgan fingerprint density at radius 3 is 2.47 bits per heavy atom. The van der Waals surface area contributed by atoms with E-state index in [0.29, 0.717) is 22.5 Å². The third kappa shape index (κ3) is 2.84. The summed E-state index contributed by atoms with van der Waals surface area (Å²) in [5.41, 5.74) is 2.29. The average Bonchev–Trinajstić information content (AvgIpc) is 2.54. The molecule has 0 fully saturated rings. The number of hydrogen-bond acceptors (Lipinski definition) is 3. The van der Waals surface area contributed by atoms with Crippen molar-refractivity contribution < 1.29 is 14.3 Å². The standard InChI is InChI=1S/C13H17NO3/c1-5-6-7-17-13(16)12-8(2)11(10(4)15)9(3)14-12/h5-6,14H,7H2,1-4H3. The van der Waals surface area contributed by atoms with Gasteiger partial charge in [0.25, 0.3) is 0 Å². The highest BCUT2D eigenvalue weighted by Crippen LogP contribution is 2.19. The van der Waals surface area contributed by atoms with Crippen LogP contribution in [0.25, 0.3) is 0 Å². The predicted molar refractivity (Wildman–Crippen MR) is 65.4 cm³/mol. The number of aromatic amines is 1. The second-order valence-corrected chi connectivity index (χ2v) is 3.85. The molecule has 1 aromatic heterocycles. The number of carbonyl (C=O) groups is 2. The van der Waals surface area contributed by atoms with Crippen LogP contribution < -0.4 is 0 Å². The van der Waals surface area contributed by atoms with Crippen molar-refractivity contribution in [3.8, 4) is 0 Å². The van der Waals surface area contributed by atoms with Crippen LogP contribution >= 0.6 is 0 Å². The fourth-order valence-electron chi connectivity index (χ4n) is 1.77. The van der Waals surface area contributed by atoms with Gasteiger partial charge in [0.1, 0.15) is 12.3 Å². The Labute approximate surface area is 101 Å². The maximum Gasteiger partial charge on any atom is 0.355 e. The maximum atomic E-state index is 11.7. The number of allylic oxidation sites excluding steroid dienone is 1. The molecule has 0 aliphatic carbocycles. The Bertz CT molecular complexity index is 469. The molecule has 0 spiro atoms. The van der Waals surface area contributed by atoms with E-state index in [1.807, 2.05) is 6.92 Å². The van der Waals surface area contributed by atoms with Crippen LogP contribution in [0.1, 0.15) is 46.0 Å². The van der Waals surface area contributed by atoms with Crippen LogP contribution in [-0.4, -0.2) is 23.3 Å². The van der Waals surface area contributed by atoms with Crippen LogP contribution in [-0.2, 0) is 4.74 Å². The Kier molecular flexibility index (Phi) is 4.26. The molecule has 1 N–H and O–H groups in total. The Morgan fingerprint density at radius 2 is 2.00 bits per heavy atom. The molecule has 1 heterocycles. The van der Waals surface area contributed by atoms with Crippen LogP contribution in [0.4, 0.5) is 0 Å². The molecular formula is C13H17NO3. The van der Waals surface area contributed by atoms with Gasteiger partial charge in [0.2, 0.25) is 0 Å². The lowest BCUT2D eigenvalue weighted by Gasteiger charge is -2.01. The Hall–Kier alpha value is -1.84. The third-order valence-electron chi connectivity index (χ3n) is 2.54. The van der Waals surface area contributed by atoms with Crippen molar-refractivity contribution in [1.29, 1.82) is 0 Å². The molecule has 0 radical (unpaired) electrons. The Morgan fingerprint density at radius 1 is 1.35 bits per heavy atom. The zero-order valence-corrected chi connectivity index (χ0v) is 10.6. The number of esters is 1. The molecule has 4 heteroatoms. The summed E-state index contributed by atoms with van der Waals surface area (Å²) in [4.78, 5) is 26.0. The smallest absolute Gasteiger partial charge is 0.355 e. The number of aromatic nitrogens is 1. The first-order chi connectivity index (χ1) is 7.99. The summed E-state index contributed by atoms with van der Waals surface area (Å²) in [6.07, 6.45) is 3.55. The second-order valence-electron chi connectivity index (χ2n) is 3.85. The number of hydrogen-bond donors (Lipinski definition) is 1. The summed E-state index contributed by atoms with van der Waals surface area (Å²) in [5.74, 6) is -0.486. The molecule has 0 aliphatic heterocycles. The van der Waals surface area contributed by atoms with E-state index in [9.17, 15) is 9.59 Å². The molecular weight excluding hydrogens is 218 g/mol. The fraction of sp³-hybridized carbons (Fsp3) is 0.385. The number of rotatable bonds is 4. The van der Waals surface area contributed by atoms with Crippen molar-refractivity contribution in [2.45, 2.75) is 27.7 Å². The molecule has 1 rings (SSSR count). The van der Waals surface area contributed by atoms with Gasteiger partial charge in [0, 0.05) is 11.3 Å². The van der Waals surface area contributed by atoms with Crippen LogP contribution in [0, 0.1) is 13.8 Å². The molecule has 17 heavy (non-hydrogen) atoms. The van der Waals surface area contributed by atoms with E-state index in [-0.39, 0.29) is 12.4 Å². The number of Topliss-reactive ketones (excluding diaryl/α,β-unsaturated/α-hetero) is 1. The van der Waals surface area contributed by atoms with Gasteiger partial charge < -0.3 is 9.72 Å². The summed E-state index contributed by atoms with van der Waals surface area (Å²) in [5, 5.41) is 0. The van der Waals surface area contributed by atoms with Crippen LogP contribution in [0.3, 0.4) is 0 Å². The molecule has 1 aromatic rings. The molecule has 0 saturated carbocycles. The van der Waals surface area contributed by atoms with Gasteiger partial charge in [-0.1, -0.05) is 12.2 Å². The summed E-state index contributed by atoms with van der Waals surface area (Å²) in [6, 6.07) is 0. The zero-order valence-electron chi connectivity index (χ0n) is 10.6. The van der Waals surface area contributed by atoms with Crippen molar-refractivity contribution in [2.75, 3.05) is 6.61 Å². The first-order valence-corrected chi connectivity index (χ1v) is 5.47. The number of aryl methyl sites for hydroxylation is 1. The summed E-state index contributed by atoms with van der Waals surface area (Å²) in [6.45, 7) is 7.09. The highest BCUT2D eigenvalue weighted by molar-refractivity contribution is 6.01. The highest BCUT2D eigenvalue weighted by Gasteiger charge is 2.20. The largest absolute Gasteiger partial charge is 0.457 e. The van der Waals surface area contributed by atoms with Gasteiger partial charge in [0.15, 0.2) is 5.78 Å². The quantitative estimate of drug-likeness (QED) is 0.495. The number of ether oxygens (including phenoxy) is 1. The SMILES string of the molecule is CC=CCOC(=O)c1[nH]c(C)c(C(C)=O)c1C. The average molecular weight is 235 g/mol. The van der Waals surface area contributed by atoms with E-state index >= 15 is 0 Å². The van der Waals surface area contributed by atoms with E-state index in [1.165, 1.54) is 6.92 Å². The molecule has 0 unspecified atom stereocenters. The minimum absolute atomic E-state index is 0.0521. The van der Waals surface area contributed by atoms with E-state index in [1.54, 1.807) is 26.0 Å². The highest BCUT2D eigenvalue weighted by atomic mass is 16.5. The number of H-pyrrole nitrogens is 1. The van der Waals surface area contributed by atoms with Gasteiger partial charge in [-0.15, -0.1) is 0 Å². The normalized spacial score (nSPS) is 10.8.